The zero-order valence-electron chi connectivity index (χ0n) is 14.6. The zero-order valence-corrected chi connectivity index (χ0v) is 15.4. The number of pyridine rings is 1. The topological polar surface area (TPSA) is 63.6 Å². The van der Waals surface area contributed by atoms with Crippen molar-refractivity contribution in [1.82, 2.24) is 10.3 Å². The van der Waals surface area contributed by atoms with Gasteiger partial charge in [0.2, 0.25) is 5.88 Å². The number of nitrogens with zero attached hydrogens (tertiary/aromatic N) is 2. The molecule has 2 rings (SSSR count). The lowest BCUT2D eigenvalue weighted by atomic mass is 9.89. The molecule has 5 nitrogen and oxygen atoms in total. The van der Waals surface area contributed by atoms with E-state index in [1.54, 1.807) is 19.4 Å². The summed E-state index contributed by atoms with van der Waals surface area (Å²) in [6.45, 7) is 6.31. The molecule has 1 N–H and O–H groups in total. The van der Waals surface area contributed by atoms with Gasteiger partial charge in [0, 0.05) is 18.1 Å². The number of methoxy groups -OCH3 is 1. The Morgan fingerprint density at radius 1 is 1.50 bits per heavy atom. The Morgan fingerprint density at radius 2 is 2.25 bits per heavy atom. The third-order valence-electron chi connectivity index (χ3n) is 4.67. The van der Waals surface area contributed by atoms with Crippen molar-refractivity contribution in [3.05, 3.63) is 23.9 Å². The minimum Gasteiger partial charge on any atom is -0.481 e. The summed E-state index contributed by atoms with van der Waals surface area (Å²) in [5.74, 6) is 1.70. The van der Waals surface area contributed by atoms with Crippen LogP contribution in [0.25, 0.3) is 0 Å². The summed E-state index contributed by atoms with van der Waals surface area (Å²) in [6, 6.07) is 3.62. The summed E-state index contributed by atoms with van der Waals surface area (Å²) in [5, 5.41) is 3.49. The second-order valence-corrected chi connectivity index (χ2v) is 7.72. The van der Waals surface area contributed by atoms with Crippen molar-refractivity contribution in [2.24, 2.45) is 10.9 Å². The number of ether oxygens (including phenoxy) is 1. The van der Waals surface area contributed by atoms with Crippen molar-refractivity contribution in [3.63, 3.8) is 0 Å². The molecule has 1 heterocycles. The highest BCUT2D eigenvalue weighted by Crippen LogP contribution is 2.38. The Labute approximate surface area is 148 Å². The van der Waals surface area contributed by atoms with E-state index in [4.69, 9.17) is 4.74 Å². The molecule has 0 spiro atoms. The van der Waals surface area contributed by atoms with Gasteiger partial charge in [-0.3, -0.25) is 4.79 Å². The monoisotopic (exact) mass is 349 g/mol. The molecular weight excluding hydrogens is 322 g/mol. The normalized spacial score (nSPS) is 17.9. The van der Waals surface area contributed by atoms with Crippen molar-refractivity contribution in [2.45, 2.75) is 43.8 Å². The third-order valence-corrected chi connectivity index (χ3v) is 6.00. The maximum absolute atomic E-state index is 12.4. The van der Waals surface area contributed by atoms with Gasteiger partial charge in [-0.2, -0.15) is 0 Å². The van der Waals surface area contributed by atoms with Crippen molar-refractivity contribution in [3.8, 4) is 5.88 Å². The summed E-state index contributed by atoms with van der Waals surface area (Å²) < 4.78 is 4.38. The van der Waals surface area contributed by atoms with Crippen LogP contribution in [0, 0.1) is 5.92 Å². The van der Waals surface area contributed by atoms with Gasteiger partial charge in [0.15, 0.2) is 0 Å². The summed E-state index contributed by atoms with van der Waals surface area (Å²) in [5.41, 5.74) is 0.830. The van der Waals surface area contributed by atoms with Crippen molar-refractivity contribution >= 4 is 24.4 Å². The van der Waals surface area contributed by atoms with Crippen LogP contribution in [-0.4, -0.2) is 37.1 Å². The summed E-state index contributed by atoms with van der Waals surface area (Å²) in [7, 11) is 1.57. The van der Waals surface area contributed by atoms with E-state index in [1.165, 1.54) is 43.9 Å². The van der Waals surface area contributed by atoms with Crippen LogP contribution in [0.1, 0.15) is 44.6 Å². The fourth-order valence-corrected chi connectivity index (χ4v) is 4.08. The number of hydrogen-bond acceptors (Lipinski definition) is 5. The predicted molar refractivity (Wildman–Crippen MR) is 99.7 cm³/mol. The lowest BCUT2D eigenvalue weighted by Crippen LogP contribution is -2.32. The van der Waals surface area contributed by atoms with Gasteiger partial charge in [-0.1, -0.05) is 19.3 Å². The van der Waals surface area contributed by atoms with Crippen LogP contribution in [0.4, 0.5) is 0 Å². The molecule has 0 aliphatic heterocycles. The Morgan fingerprint density at radius 3 is 2.92 bits per heavy atom. The number of thioether (sulfide) groups is 1. The predicted octanol–water partition coefficient (Wildman–Crippen LogP) is 3.39. The van der Waals surface area contributed by atoms with Gasteiger partial charge in [0.25, 0.3) is 5.91 Å². The zero-order chi connectivity index (χ0) is 17.4. The van der Waals surface area contributed by atoms with Crippen LogP contribution in [0.5, 0.6) is 5.88 Å². The highest BCUT2D eigenvalue weighted by atomic mass is 32.2. The molecule has 0 bridgehead atoms. The number of aliphatic imine (C=N–C) groups is 1. The number of aromatic nitrogens is 1. The minimum atomic E-state index is -0.794. The molecular formula is C18H27N3O2S. The first-order chi connectivity index (χ1) is 11.6. The van der Waals surface area contributed by atoms with E-state index >= 15 is 0 Å². The van der Waals surface area contributed by atoms with E-state index in [-0.39, 0.29) is 5.91 Å². The smallest absolute Gasteiger partial charge is 0.265 e. The first-order valence-electron chi connectivity index (χ1n) is 8.46. The molecule has 1 aromatic heterocycles. The molecule has 6 heteroatoms. The van der Waals surface area contributed by atoms with Gasteiger partial charge < -0.3 is 10.1 Å². The molecule has 1 aliphatic rings. The number of hydrogen-bond donors (Lipinski definition) is 1. The summed E-state index contributed by atoms with van der Waals surface area (Å²) in [6.07, 6.45) is 8.32. The second-order valence-electron chi connectivity index (χ2n) is 6.33. The van der Waals surface area contributed by atoms with E-state index in [2.05, 4.69) is 22.0 Å². The van der Waals surface area contributed by atoms with E-state index < -0.39 is 4.75 Å². The SMILES string of the molecule is C=NC(=O)C(C)(SCNCC1CCCCC1)c1ccnc(OC)c1. The van der Waals surface area contributed by atoms with Crippen molar-refractivity contribution in [1.29, 1.82) is 0 Å². The molecule has 0 aromatic carbocycles. The molecule has 0 radical (unpaired) electrons. The van der Waals surface area contributed by atoms with Crippen LogP contribution in [0.15, 0.2) is 23.3 Å². The van der Waals surface area contributed by atoms with Crippen molar-refractivity contribution in [2.75, 3.05) is 19.5 Å². The lowest BCUT2D eigenvalue weighted by Gasteiger charge is -2.27. The standard InChI is InChI=1S/C18H27N3O2S/c1-18(17(22)19-2,15-9-10-21-16(11-15)23-3)24-13-20-12-14-7-5-4-6-8-14/h9-11,14,20H,2,4-8,12-13H2,1,3H3. The second kappa shape index (κ2) is 9.18. The van der Waals surface area contributed by atoms with Crippen LogP contribution in [0.3, 0.4) is 0 Å². The number of carbonyl (C=O) groups is 1. The fourth-order valence-electron chi connectivity index (χ4n) is 3.09. The molecule has 1 aromatic rings. The van der Waals surface area contributed by atoms with E-state index in [1.807, 2.05) is 13.0 Å². The average Bonchev–Trinajstić information content (AvgIpc) is 2.65. The Kier molecular flexibility index (Phi) is 7.24. The number of carbonyl (C=O) groups excluding carboxylic acids is 1. The highest BCUT2D eigenvalue weighted by Gasteiger charge is 2.35. The molecule has 1 aliphatic carbocycles. The Balaban J connectivity index is 1.98. The maximum atomic E-state index is 12.4. The lowest BCUT2D eigenvalue weighted by molar-refractivity contribution is -0.119. The summed E-state index contributed by atoms with van der Waals surface area (Å²) >= 11 is 1.54. The van der Waals surface area contributed by atoms with E-state index in [0.717, 1.165) is 18.0 Å². The van der Waals surface area contributed by atoms with E-state index in [0.29, 0.717) is 11.8 Å². The molecule has 132 valence electrons. The van der Waals surface area contributed by atoms with Gasteiger partial charge in [0.05, 0.1) is 7.11 Å². The molecule has 1 amide bonds. The number of nitrogens with one attached hydrogen (secondary N) is 1. The third kappa shape index (κ3) is 4.80. The van der Waals surface area contributed by atoms with Crippen LogP contribution in [0.2, 0.25) is 0 Å². The number of amides is 1. The maximum Gasteiger partial charge on any atom is 0.265 e. The van der Waals surface area contributed by atoms with Crippen LogP contribution >= 0.6 is 11.8 Å². The molecule has 1 saturated carbocycles. The van der Waals surface area contributed by atoms with E-state index in [9.17, 15) is 4.79 Å². The van der Waals surface area contributed by atoms with Crippen LogP contribution < -0.4 is 10.1 Å². The quantitative estimate of drug-likeness (QED) is 0.443. The highest BCUT2D eigenvalue weighted by molar-refractivity contribution is 8.00. The summed E-state index contributed by atoms with van der Waals surface area (Å²) in [4.78, 5) is 20.2. The molecule has 1 fully saturated rings. The van der Waals surface area contributed by atoms with Gasteiger partial charge in [0.1, 0.15) is 4.75 Å². The van der Waals surface area contributed by atoms with Crippen LogP contribution in [-0.2, 0) is 9.54 Å². The van der Waals surface area contributed by atoms with Gasteiger partial charge >= 0.3 is 0 Å². The van der Waals surface area contributed by atoms with Gasteiger partial charge in [-0.15, -0.1) is 11.8 Å². The average molecular weight is 350 g/mol. The Bertz CT molecular complexity index is 561. The first-order valence-corrected chi connectivity index (χ1v) is 9.45. The molecule has 1 unspecified atom stereocenters. The first kappa shape index (κ1) is 18.9. The molecule has 0 saturated heterocycles. The van der Waals surface area contributed by atoms with Gasteiger partial charge in [-0.25, -0.2) is 9.98 Å². The minimum absolute atomic E-state index is 0.250. The fraction of sp³-hybridized carbons (Fsp3) is 0.611. The number of rotatable bonds is 8. The molecule has 1 atom stereocenters. The molecule has 24 heavy (non-hydrogen) atoms. The largest absolute Gasteiger partial charge is 0.481 e. The Hall–Kier alpha value is -1.40. The van der Waals surface area contributed by atoms with Crippen molar-refractivity contribution < 1.29 is 9.53 Å². The van der Waals surface area contributed by atoms with Gasteiger partial charge in [-0.05, 0) is 50.6 Å².